The summed E-state index contributed by atoms with van der Waals surface area (Å²) in [6, 6.07) is 5.85. The van der Waals surface area contributed by atoms with E-state index in [-0.39, 0.29) is 0 Å². The fourth-order valence-corrected chi connectivity index (χ4v) is 3.00. The van der Waals surface area contributed by atoms with Crippen LogP contribution in [0.2, 0.25) is 0 Å². The zero-order valence-corrected chi connectivity index (χ0v) is 14.7. The van der Waals surface area contributed by atoms with Crippen LogP contribution in [0.4, 0.5) is 5.82 Å². The van der Waals surface area contributed by atoms with Gasteiger partial charge in [0.2, 0.25) is 5.89 Å². The van der Waals surface area contributed by atoms with Crippen molar-refractivity contribution >= 4 is 5.82 Å². The molecule has 3 heterocycles. The van der Waals surface area contributed by atoms with Crippen LogP contribution < -0.4 is 4.90 Å². The van der Waals surface area contributed by atoms with E-state index in [1.165, 1.54) is 0 Å². The van der Waals surface area contributed by atoms with Crippen LogP contribution >= 0.6 is 0 Å². The number of aryl methyl sites for hydroxylation is 2. The van der Waals surface area contributed by atoms with E-state index in [0.29, 0.717) is 0 Å². The second-order valence-corrected chi connectivity index (χ2v) is 6.46. The zero-order valence-electron chi connectivity index (χ0n) is 14.7. The van der Waals surface area contributed by atoms with Crippen LogP contribution in [-0.4, -0.2) is 46.2 Å². The normalized spacial score (nSPS) is 17.8. The van der Waals surface area contributed by atoms with Gasteiger partial charge in [0.05, 0.1) is 24.0 Å². The van der Waals surface area contributed by atoms with Gasteiger partial charge in [0.1, 0.15) is 11.6 Å². The summed E-state index contributed by atoms with van der Waals surface area (Å²) in [6.45, 7) is 10.3. The van der Waals surface area contributed by atoms with E-state index in [1.807, 2.05) is 32.0 Å². The first-order valence-electron chi connectivity index (χ1n) is 8.58. The minimum atomic E-state index is -0.537. The topological polar surface area (TPSA) is 65.6 Å². The smallest absolute Gasteiger partial charge is 0.208 e. The average molecular weight is 330 g/mol. The molecule has 0 aliphatic carbocycles. The summed E-state index contributed by atoms with van der Waals surface area (Å²) < 4.78 is 5.70. The molecule has 3 rings (SSSR count). The number of aliphatic hydroxyl groups excluding tert-OH is 1. The summed E-state index contributed by atoms with van der Waals surface area (Å²) in [5.74, 6) is 2.64. The van der Waals surface area contributed by atoms with Crippen LogP contribution in [-0.2, 0) is 6.54 Å². The molecule has 24 heavy (non-hydrogen) atoms. The van der Waals surface area contributed by atoms with Crippen molar-refractivity contribution in [1.82, 2.24) is 14.9 Å². The van der Waals surface area contributed by atoms with E-state index >= 15 is 0 Å². The highest BCUT2D eigenvalue weighted by molar-refractivity contribution is 5.39. The van der Waals surface area contributed by atoms with Gasteiger partial charge >= 0.3 is 0 Å². The molecular weight excluding hydrogens is 304 g/mol. The Hall–Kier alpha value is -1.92. The third-order valence-corrected chi connectivity index (χ3v) is 4.53. The number of anilines is 1. The molecule has 1 saturated heterocycles. The molecule has 6 nitrogen and oxygen atoms in total. The van der Waals surface area contributed by atoms with Crippen LogP contribution in [0.1, 0.15) is 42.5 Å². The molecule has 1 atom stereocenters. The van der Waals surface area contributed by atoms with Crippen LogP contribution in [0.5, 0.6) is 0 Å². The van der Waals surface area contributed by atoms with Crippen molar-refractivity contribution in [2.75, 3.05) is 31.1 Å². The Kier molecular flexibility index (Phi) is 5.16. The first kappa shape index (κ1) is 16.9. The molecule has 2 aromatic heterocycles. The summed E-state index contributed by atoms with van der Waals surface area (Å²) in [7, 11) is 0. The Morgan fingerprint density at radius 2 is 2.00 bits per heavy atom. The van der Waals surface area contributed by atoms with E-state index in [9.17, 15) is 5.11 Å². The number of hydrogen-bond acceptors (Lipinski definition) is 6. The molecule has 0 aromatic carbocycles. The summed E-state index contributed by atoms with van der Waals surface area (Å²) in [5.41, 5.74) is 1.69. The Morgan fingerprint density at radius 3 is 2.71 bits per heavy atom. The van der Waals surface area contributed by atoms with Crippen molar-refractivity contribution in [3.8, 4) is 0 Å². The highest BCUT2D eigenvalue weighted by atomic mass is 16.4. The van der Waals surface area contributed by atoms with Gasteiger partial charge in [-0.15, -0.1) is 0 Å². The molecule has 0 saturated carbocycles. The molecule has 0 bridgehead atoms. The van der Waals surface area contributed by atoms with Crippen molar-refractivity contribution in [2.45, 2.75) is 39.8 Å². The van der Waals surface area contributed by atoms with Crippen molar-refractivity contribution in [1.29, 1.82) is 0 Å². The summed E-state index contributed by atoms with van der Waals surface area (Å²) in [5, 5.41) is 9.73. The number of aliphatic hydroxyl groups is 1. The average Bonchev–Trinajstić information content (AvgIpc) is 2.76. The first-order valence-corrected chi connectivity index (χ1v) is 8.58. The molecule has 6 heteroatoms. The maximum absolute atomic E-state index is 9.73. The van der Waals surface area contributed by atoms with Gasteiger partial charge in [-0.2, -0.15) is 0 Å². The van der Waals surface area contributed by atoms with Gasteiger partial charge in [-0.05, 0) is 39.3 Å². The van der Waals surface area contributed by atoms with Gasteiger partial charge in [0, 0.05) is 26.2 Å². The van der Waals surface area contributed by atoms with Crippen molar-refractivity contribution in [2.24, 2.45) is 0 Å². The molecule has 0 spiro atoms. The number of pyridine rings is 1. The van der Waals surface area contributed by atoms with Gasteiger partial charge in [0.25, 0.3) is 0 Å². The molecule has 2 aromatic rings. The van der Waals surface area contributed by atoms with Gasteiger partial charge < -0.3 is 14.4 Å². The van der Waals surface area contributed by atoms with E-state index in [2.05, 4.69) is 19.8 Å². The summed E-state index contributed by atoms with van der Waals surface area (Å²) in [4.78, 5) is 13.7. The largest absolute Gasteiger partial charge is 0.444 e. The number of aromatic nitrogens is 2. The van der Waals surface area contributed by atoms with Crippen LogP contribution in [0, 0.1) is 13.8 Å². The lowest BCUT2D eigenvalue weighted by Gasteiger charge is -2.23. The molecule has 1 unspecified atom stereocenters. The van der Waals surface area contributed by atoms with Crippen LogP contribution in [0.15, 0.2) is 22.6 Å². The highest BCUT2D eigenvalue weighted by Crippen LogP contribution is 2.18. The maximum Gasteiger partial charge on any atom is 0.208 e. The van der Waals surface area contributed by atoms with Gasteiger partial charge in [-0.3, -0.25) is 4.90 Å². The lowest BCUT2D eigenvalue weighted by Crippen LogP contribution is -2.31. The lowest BCUT2D eigenvalue weighted by molar-refractivity contribution is 0.194. The highest BCUT2D eigenvalue weighted by Gasteiger charge is 2.18. The Morgan fingerprint density at radius 1 is 1.17 bits per heavy atom. The number of nitrogens with zero attached hydrogens (tertiary/aromatic N) is 4. The van der Waals surface area contributed by atoms with Crippen molar-refractivity contribution in [3.05, 3.63) is 41.2 Å². The van der Waals surface area contributed by atoms with E-state index in [4.69, 9.17) is 4.42 Å². The van der Waals surface area contributed by atoms with E-state index < -0.39 is 6.10 Å². The van der Waals surface area contributed by atoms with E-state index in [0.717, 1.165) is 68.0 Å². The monoisotopic (exact) mass is 330 g/mol. The number of hydrogen-bond donors (Lipinski definition) is 1. The summed E-state index contributed by atoms with van der Waals surface area (Å²) >= 11 is 0. The Labute approximate surface area is 143 Å². The quantitative estimate of drug-likeness (QED) is 0.929. The Balaban J connectivity index is 1.63. The molecule has 130 valence electrons. The van der Waals surface area contributed by atoms with Gasteiger partial charge in [-0.1, -0.05) is 6.07 Å². The van der Waals surface area contributed by atoms with Gasteiger partial charge in [0.15, 0.2) is 0 Å². The molecular formula is C18H26N4O2. The number of oxazole rings is 1. The minimum Gasteiger partial charge on any atom is -0.444 e. The Bertz CT molecular complexity index is 664. The van der Waals surface area contributed by atoms with Crippen LogP contribution in [0.25, 0.3) is 0 Å². The summed E-state index contributed by atoms with van der Waals surface area (Å²) in [6.07, 6.45) is 0.532. The van der Waals surface area contributed by atoms with Crippen LogP contribution in [0.3, 0.4) is 0 Å². The molecule has 1 N–H and O–H groups in total. The molecule has 0 radical (unpaired) electrons. The predicted octanol–water partition coefficient (Wildman–Crippen LogP) is 2.45. The molecule has 1 fully saturated rings. The maximum atomic E-state index is 9.73. The SMILES string of the molecule is Cc1nc(CN2CCCN(c3cccc(C(C)O)n3)CC2)oc1C. The van der Waals surface area contributed by atoms with Crippen molar-refractivity contribution in [3.63, 3.8) is 0 Å². The van der Waals surface area contributed by atoms with Gasteiger partial charge in [-0.25, -0.2) is 9.97 Å². The second kappa shape index (κ2) is 7.32. The standard InChI is InChI=1S/C18H26N4O2/c1-13-15(3)24-18(19-13)12-21-8-5-9-22(11-10-21)17-7-4-6-16(20-17)14(2)23/h4,6-7,14,23H,5,8-12H2,1-3H3. The zero-order chi connectivity index (χ0) is 17.1. The second-order valence-electron chi connectivity index (χ2n) is 6.46. The molecule has 1 aliphatic rings. The first-order chi connectivity index (χ1) is 11.5. The minimum absolute atomic E-state index is 0.537. The molecule has 1 aliphatic heterocycles. The number of rotatable bonds is 4. The third kappa shape index (κ3) is 3.94. The third-order valence-electron chi connectivity index (χ3n) is 4.53. The van der Waals surface area contributed by atoms with Crippen molar-refractivity contribution < 1.29 is 9.52 Å². The van der Waals surface area contributed by atoms with E-state index in [1.54, 1.807) is 6.92 Å². The fraction of sp³-hybridized carbons (Fsp3) is 0.556. The predicted molar refractivity (Wildman–Crippen MR) is 93.0 cm³/mol. The molecule has 0 amide bonds. The lowest BCUT2D eigenvalue weighted by atomic mass is 10.2. The fourth-order valence-electron chi connectivity index (χ4n) is 3.00.